The van der Waals surface area contributed by atoms with E-state index in [1.807, 2.05) is 12.1 Å². The third-order valence-corrected chi connectivity index (χ3v) is 4.81. The molecule has 0 atom stereocenters. The van der Waals surface area contributed by atoms with Crippen molar-refractivity contribution >= 4 is 35.6 Å². The number of hydrogen-bond acceptors (Lipinski definition) is 4. The molecule has 2 aromatic carbocycles. The summed E-state index contributed by atoms with van der Waals surface area (Å²) < 4.78 is 42.4. The molecular formula is C21H26F3IN4O2. The van der Waals surface area contributed by atoms with Crippen LogP contribution in [-0.4, -0.2) is 62.0 Å². The van der Waals surface area contributed by atoms with E-state index in [0.717, 1.165) is 5.69 Å². The standard InChI is InChI=1S/C21H25F3N4O2.HI/c1-25-20(26-14-16-6-2-5-9-19(16)30-15-21(22,23)24)28-12-10-27(11-13-28)17-7-3-4-8-18(17)29;/h2-9,29H,10-15H2,1H3,(H,25,26);1H. The predicted octanol–water partition coefficient (Wildman–Crippen LogP) is 3.85. The van der Waals surface area contributed by atoms with Crippen LogP contribution in [0, 0.1) is 0 Å². The lowest BCUT2D eigenvalue weighted by molar-refractivity contribution is -0.153. The number of alkyl halides is 3. The van der Waals surface area contributed by atoms with Crippen molar-refractivity contribution in [2.45, 2.75) is 12.7 Å². The van der Waals surface area contributed by atoms with Crippen LogP contribution in [0.3, 0.4) is 0 Å². The predicted molar refractivity (Wildman–Crippen MR) is 125 cm³/mol. The average Bonchev–Trinajstić information content (AvgIpc) is 2.74. The van der Waals surface area contributed by atoms with Gasteiger partial charge in [-0.3, -0.25) is 4.99 Å². The summed E-state index contributed by atoms with van der Waals surface area (Å²) in [7, 11) is 1.67. The number of benzene rings is 2. The van der Waals surface area contributed by atoms with E-state index in [2.05, 4.69) is 20.1 Å². The quantitative estimate of drug-likeness (QED) is 0.337. The van der Waals surface area contributed by atoms with Crippen LogP contribution in [0.15, 0.2) is 53.5 Å². The van der Waals surface area contributed by atoms with E-state index in [0.29, 0.717) is 44.2 Å². The molecule has 1 fully saturated rings. The maximum atomic E-state index is 12.5. The number of phenols is 1. The highest BCUT2D eigenvalue weighted by atomic mass is 127. The van der Waals surface area contributed by atoms with E-state index in [1.165, 1.54) is 6.07 Å². The molecule has 0 aliphatic carbocycles. The van der Waals surface area contributed by atoms with Crippen molar-refractivity contribution in [1.29, 1.82) is 0 Å². The number of hydrogen-bond donors (Lipinski definition) is 2. The van der Waals surface area contributed by atoms with Gasteiger partial charge in [0.15, 0.2) is 12.6 Å². The number of anilines is 1. The van der Waals surface area contributed by atoms with Crippen LogP contribution in [0.2, 0.25) is 0 Å². The minimum absolute atomic E-state index is 0. The van der Waals surface area contributed by atoms with Crippen molar-refractivity contribution in [3.8, 4) is 11.5 Å². The Hall–Kier alpha value is -2.37. The molecule has 0 saturated carbocycles. The number of aliphatic imine (C=N–C) groups is 1. The van der Waals surface area contributed by atoms with E-state index >= 15 is 0 Å². The molecule has 0 radical (unpaired) electrons. The van der Waals surface area contributed by atoms with Crippen molar-refractivity contribution < 1.29 is 23.0 Å². The number of piperazine rings is 1. The third-order valence-electron chi connectivity index (χ3n) is 4.81. The summed E-state index contributed by atoms with van der Waals surface area (Å²) in [6.45, 7) is 1.78. The van der Waals surface area contributed by atoms with Gasteiger partial charge in [0.1, 0.15) is 11.5 Å². The molecule has 1 aliphatic heterocycles. The van der Waals surface area contributed by atoms with Gasteiger partial charge in [-0.15, -0.1) is 24.0 Å². The molecule has 10 heteroatoms. The van der Waals surface area contributed by atoms with Gasteiger partial charge in [0.05, 0.1) is 5.69 Å². The highest BCUT2D eigenvalue weighted by Gasteiger charge is 2.29. The van der Waals surface area contributed by atoms with Gasteiger partial charge < -0.3 is 25.0 Å². The first kappa shape index (κ1) is 24.9. The number of phenolic OH excluding ortho intramolecular Hbond substituents is 1. The topological polar surface area (TPSA) is 60.3 Å². The number of ether oxygens (including phenoxy) is 1. The molecule has 3 rings (SSSR count). The van der Waals surface area contributed by atoms with Crippen molar-refractivity contribution in [3.05, 3.63) is 54.1 Å². The fourth-order valence-electron chi connectivity index (χ4n) is 3.35. The molecule has 1 aliphatic rings. The number of aromatic hydroxyl groups is 1. The second-order valence-corrected chi connectivity index (χ2v) is 6.88. The second kappa shape index (κ2) is 11.3. The van der Waals surface area contributed by atoms with Crippen LogP contribution in [0.5, 0.6) is 11.5 Å². The van der Waals surface area contributed by atoms with E-state index in [4.69, 9.17) is 4.74 Å². The van der Waals surface area contributed by atoms with Gasteiger partial charge in [0.25, 0.3) is 0 Å². The summed E-state index contributed by atoms with van der Waals surface area (Å²) in [6, 6.07) is 13.9. The Morgan fingerprint density at radius 3 is 2.35 bits per heavy atom. The zero-order valence-electron chi connectivity index (χ0n) is 17.1. The molecule has 31 heavy (non-hydrogen) atoms. The van der Waals surface area contributed by atoms with Crippen LogP contribution < -0.4 is 15.0 Å². The second-order valence-electron chi connectivity index (χ2n) is 6.88. The summed E-state index contributed by atoms with van der Waals surface area (Å²) in [5, 5.41) is 13.2. The average molecular weight is 550 g/mol. The van der Waals surface area contributed by atoms with Crippen LogP contribution in [-0.2, 0) is 6.54 Å². The van der Waals surface area contributed by atoms with Gasteiger partial charge in [0, 0.05) is 45.3 Å². The Labute approximate surface area is 196 Å². The first-order valence-corrected chi connectivity index (χ1v) is 9.63. The minimum Gasteiger partial charge on any atom is -0.506 e. The van der Waals surface area contributed by atoms with Crippen molar-refractivity contribution in [3.63, 3.8) is 0 Å². The minimum atomic E-state index is -4.39. The Balaban J connectivity index is 0.00000341. The van der Waals surface area contributed by atoms with Gasteiger partial charge in [0.2, 0.25) is 0 Å². The molecule has 6 nitrogen and oxygen atoms in total. The molecule has 1 heterocycles. The van der Waals surface area contributed by atoms with Crippen LogP contribution >= 0.6 is 24.0 Å². The smallest absolute Gasteiger partial charge is 0.422 e. The van der Waals surface area contributed by atoms with Crippen LogP contribution in [0.25, 0.3) is 0 Å². The molecule has 170 valence electrons. The lowest BCUT2D eigenvalue weighted by Crippen LogP contribution is -2.52. The van der Waals surface area contributed by atoms with Crippen molar-refractivity contribution in [2.24, 2.45) is 4.99 Å². The summed E-state index contributed by atoms with van der Waals surface area (Å²) in [5.74, 6) is 1.11. The molecule has 0 aromatic heterocycles. The fourth-order valence-corrected chi connectivity index (χ4v) is 3.35. The van der Waals surface area contributed by atoms with E-state index < -0.39 is 12.8 Å². The maximum Gasteiger partial charge on any atom is 0.422 e. The summed E-state index contributed by atoms with van der Waals surface area (Å²) in [5.41, 5.74) is 1.42. The number of rotatable bonds is 5. The zero-order chi connectivity index (χ0) is 21.6. The Bertz CT molecular complexity index is 872. The SMILES string of the molecule is CN=C(NCc1ccccc1OCC(F)(F)F)N1CCN(c2ccccc2O)CC1.I. The summed E-state index contributed by atoms with van der Waals surface area (Å²) >= 11 is 0. The summed E-state index contributed by atoms with van der Waals surface area (Å²) in [6.07, 6.45) is -4.39. The molecule has 0 bridgehead atoms. The lowest BCUT2D eigenvalue weighted by Gasteiger charge is -2.37. The first-order chi connectivity index (χ1) is 14.4. The molecule has 0 spiro atoms. The van der Waals surface area contributed by atoms with Gasteiger partial charge in [-0.1, -0.05) is 30.3 Å². The lowest BCUT2D eigenvalue weighted by atomic mass is 10.2. The molecule has 2 aromatic rings. The fraction of sp³-hybridized carbons (Fsp3) is 0.381. The molecule has 2 N–H and O–H groups in total. The maximum absolute atomic E-state index is 12.5. The Morgan fingerprint density at radius 2 is 1.71 bits per heavy atom. The Kier molecular flexibility index (Phi) is 9.08. The number of guanidine groups is 1. The normalized spacial score (nSPS) is 14.8. The Morgan fingerprint density at radius 1 is 1.06 bits per heavy atom. The zero-order valence-corrected chi connectivity index (χ0v) is 19.4. The van der Waals surface area contributed by atoms with Gasteiger partial charge >= 0.3 is 6.18 Å². The van der Waals surface area contributed by atoms with Crippen LogP contribution in [0.1, 0.15) is 5.56 Å². The molecule has 0 unspecified atom stereocenters. The monoisotopic (exact) mass is 550 g/mol. The largest absolute Gasteiger partial charge is 0.506 e. The first-order valence-electron chi connectivity index (χ1n) is 9.63. The van der Waals surface area contributed by atoms with E-state index in [-0.39, 0.29) is 35.5 Å². The van der Waals surface area contributed by atoms with E-state index in [9.17, 15) is 18.3 Å². The van der Waals surface area contributed by atoms with Gasteiger partial charge in [-0.2, -0.15) is 13.2 Å². The van der Waals surface area contributed by atoms with Crippen molar-refractivity contribution in [2.75, 3.05) is 44.7 Å². The molecule has 0 amide bonds. The van der Waals surface area contributed by atoms with Gasteiger partial charge in [-0.05, 0) is 18.2 Å². The third kappa shape index (κ3) is 7.08. The number of para-hydroxylation sites is 3. The molecular weight excluding hydrogens is 524 g/mol. The highest BCUT2D eigenvalue weighted by Crippen LogP contribution is 2.27. The molecule has 1 saturated heterocycles. The number of nitrogens with one attached hydrogen (secondary N) is 1. The number of halogens is 4. The van der Waals surface area contributed by atoms with E-state index in [1.54, 1.807) is 37.4 Å². The summed E-state index contributed by atoms with van der Waals surface area (Å²) in [4.78, 5) is 8.49. The number of nitrogens with zero attached hydrogens (tertiary/aromatic N) is 3. The van der Waals surface area contributed by atoms with Crippen molar-refractivity contribution in [1.82, 2.24) is 10.2 Å². The van der Waals surface area contributed by atoms with Crippen LogP contribution in [0.4, 0.5) is 18.9 Å². The van der Waals surface area contributed by atoms with Gasteiger partial charge in [-0.25, -0.2) is 0 Å². The highest BCUT2D eigenvalue weighted by molar-refractivity contribution is 14.0.